The second-order valence-electron chi connectivity index (χ2n) is 6.77. The van der Waals surface area contributed by atoms with Gasteiger partial charge in [0.2, 0.25) is 0 Å². The van der Waals surface area contributed by atoms with Gasteiger partial charge < -0.3 is 10.1 Å². The molecular weight excluding hydrogens is 474 g/mol. The first-order chi connectivity index (χ1) is 15.4. The molecule has 0 radical (unpaired) electrons. The number of carbonyl (C=O) groups excluding carboxylic acids is 1. The maximum atomic E-state index is 12.5. The second kappa shape index (κ2) is 10.4. The van der Waals surface area contributed by atoms with E-state index in [1.807, 2.05) is 36.4 Å². The molecule has 32 heavy (non-hydrogen) atoms. The highest BCUT2D eigenvalue weighted by Crippen LogP contribution is 2.27. The van der Waals surface area contributed by atoms with E-state index in [-0.39, 0.29) is 16.9 Å². The molecule has 0 atom stereocenters. The number of nitro groups is 1. The average Bonchev–Trinajstić information content (AvgIpc) is 2.79. The first-order valence-electron chi connectivity index (χ1n) is 9.49. The highest BCUT2D eigenvalue weighted by atomic mass is 79.9. The lowest BCUT2D eigenvalue weighted by molar-refractivity contribution is -0.384. The highest BCUT2D eigenvalue weighted by molar-refractivity contribution is 9.10. The first kappa shape index (κ1) is 22.7. The summed E-state index contributed by atoms with van der Waals surface area (Å²) < 4.78 is 6.51. The van der Waals surface area contributed by atoms with Gasteiger partial charge in [-0.15, -0.1) is 0 Å². The average molecular weight is 492 g/mol. The van der Waals surface area contributed by atoms with E-state index in [2.05, 4.69) is 21.2 Å². The Bertz CT molecular complexity index is 1250. The van der Waals surface area contributed by atoms with Crippen molar-refractivity contribution in [3.8, 4) is 11.8 Å². The zero-order valence-corrected chi connectivity index (χ0v) is 18.6. The number of non-ortho nitro benzene ring substituents is 1. The first-order valence-corrected chi connectivity index (χ1v) is 10.3. The molecule has 0 saturated heterocycles. The molecule has 1 amide bonds. The number of amides is 1. The summed E-state index contributed by atoms with van der Waals surface area (Å²) in [4.78, 5) is 22.9. The van der Waals surface area contributed by atoms with Crippen molar-refractivity contribution in [1.82, 2.24) is 0 Å². The Morgan fingerprint density at radius 1 is 1.16 bits per heavy atom. The molecule has 0 heterocycles. The lowest BCUT2D eigenvalue weighted by Gasteiger charge is -2.11. The largest absolute Gasteiger partial charge is 0.496 e. The Labute approximate surface area is 193 Å². The van der Waals surface area contributed by atoms with Gasteiger partial charge >= 0.3 is 0 Å². The van der Waals surface area contributed by atoms with Gasteiger partial charge in [-0.2, -0.15) is 5.26 Å². The van der Waals surface area contributed by atoms with Crippen molar-refractivity contribution in [2.75, 3.05) is 12.4 Å². The Kier molecular flexibility index (Phi) is 7.37. The van der Waals surface area contributed by atoms with Crippen molar-refractivity contribution >= 4 is 39.3 Å². The van der Waals surface area contributed by atoms with E-state index >= 15 is 0 Å². The quantitative estimate of drug-likeness (QED) is 0.203. The van der Waals surface area contributed by atoms with Crippen LogP contribution in [0, 0.1) is 21.4 Å². The van der Waals surface area contributed by atoms with Crippen molar-refractivity contribution in [2.45, 2.75) is 6.42 Å². The van der Waals surface area contributed by atoms with E-state index < -0.39 is 10.8 Å². The van der Waals surface area contributed by atoms with Gasteiger partial charge in [-0.3, -0.25) is 14.9 Å². The fraction of sp³-hybridized carbons (Fsp3) is 0.0833. The standard InChI is InChI=1S/C24H18BrN3O4/c1-32-23-12-16(9-10-18(23)13-17-5-2-3-8-22(17)25)11-19(15-26)24(29)27-20-6-4-7-21(14-20)28(30)31/h2-12,14H,13H2,1H3,(H,27,29)/b19-11+. The Morgan fingerprint density at radius 3 is 2.62 bits per heavy atom. The van der Waals surface area contributed by atoms with Crippen molar-refractivity contribution in [1.29, 1.82) is 5.26 Å². The number of ether oxygens (including phenoxy) is 1. The fourth-order valence-corrected chi connectivity index (χ4v) is 3.48. The topological polar surface area (TPSA) is 105 Å². The lowest BCUT2D eigenvalue weighted by Crippen LogP contribution is -2.13. The summed E-state index contributed by atoms with van der Waals surface area (Å²) in [5.74, 6) is -0.0323. The summed E-state index contributed by atoms with van der Waals surface area (Å²) in [6.07, 6.45) is 2.09. The molecule has 3 aromatic carbocycles. The molecule has 0 aliphatic heterocycles. The number of nitro benzene ring substituents is 1. The molecule has 1 N–H and O–H groups in total. The minimum atomic E-state index is -0.663. The molecule has 160 valence electrons. The summed E-state index contributed by atoms with van der Waals surface area (Å²) in [6, 6.07) is 20.7. The van der Waals surface area contributed by atoms with Crippen molar-refractivity contribution in [3.05, 3.63) is 104 Å². The number of benzene rings is 3. The molecule has 0 bridgehead atoms. The molecule has 0 saturated carbocycles. The van der Waals surface area contributed by atoms with Gasteiger partial charge in [0.1, 0.15) is 17.4 Å². The predicted octanol–water partition coefficient (Wildman–Crippen LogP) is 5.50. The fourth-order valence-electron chi connectivity index (χ4n) is 3.05. The van der Waals surface area contributed by atoms with Crippen LogP contribution in [0.1, 0.15) is 16.7 Å². The number of nitrogens with one attached hydrogen (secondary N) is 1. The highest BCUT2D eigenvalue weighted by Gasteiger charge is 2.13. The number of nitriles is 1. The van der Waals surface area contributed by atoms with Crippen LogP contribution >= 0.6 is 15.9 Å². The third-order valence-electron chi connectivity index (χ3n) is 4.64. The van der Waals surface area contributed by atoms with Crippen LogP contribution in [0.5, 0.6) is 5.75 Å². The van der Waals surface area contributed by atoms with E-state index in [0.29, 0.717) is 17.7 Å². The molecule has 0 aliphatic rings. The molecule has 0 unspecified atom stereocenters. The van der Waals surface area contributed by atoms with E-state index in [9.17, 15) is 20.2 Å². The molecule has 7 nitrogen and oxygen atoms in total. The zero-order chi connectivity index (χ0) is 23.1. The summed E-state index contributed by atoms with van der Waals surface area (Å²) in [5, 5.41) is 22.9. The maximum absolute atomic E-state index is 12.5. The molecule has 0 spiro atoms. The molecule has 0 fully saturated rings. The smallest absolute Gasteiger partial charge is 0.271 e. The number of hydrogen-bond acceptors (Lipinski definition) is 5. The van der Waals surface area contributed by atoms with E-state index in [1.54, 1.807) is 19.2 Å². The van der Waals surface area contributed by atoms with Crippen LogP contribution in [0.25, 0.3) is 6.08 Å². The molecule has 3 rings (SSSR count). The minimum Gasteiger partial charge on any atom is -0.496 e. The SMILES string of the molecule is COc1cc(/C=C(\C#N)C(=O)Nc2cccc([N+](=O)[O-])c2)ccc1Cc1ccccc1Br. The number of nitrogens with zero attached hydrogens (tertiary/aromatic N) is 2. The third kappa shape index (κ3) is 5.59. The summed E-state index contributed by atoms with van der Waals surface area (Å²) >= 11 is 3.54. The normalized spacial score (nSPS) is 10.8. The van der Waals surface area contributed by atoms with Gasteiger partial charge in [0.25, 0.3) is 11.6 Å². The number of hydrogen-bond donors (Lipinski definition) is 1. The zero-order valence-electron chi connectivity index (χ0n) is 17.0. The maximum Gasteiger partial charge on any atom is 0.271 e. The van der Waals surface area contributed by atoms with Gasteiger partial charge in [-0.05, 0) is 41.0 Å². The van der Waals surface area contributed by atoms with Gasteiger partial charge in [-0.25, -0.2) is 0 Å². The monoisotopic (exact) mass is 491 g/mol. The van der Waals surface area contributed by atoms with E-state index in [1.165, 1.54) is 30.3 Å². The van der Waals surface area contributed by atoms with Crippen LogP contribution in [0.4, 0.5) is 11.4 Å². The molecule has 8 heteroatoms. The van der Waals surface area contributed by atoms with Crippen LogP contribution < -0.4 is 10.1 Å². The van der Waals surface area contributed by atoms with Crippen LogP contribution in [0.2, 0.25) is 0 Å². The van der Waals surface area contributed by atoms with E-state index in [0.717, 1.165) is 15.6 Å². The Morgan fingerprint density at radius 2 is 1.94 bits per heavy atom. The number of carbonyl (C=O) groups is 1. The summed E-state index contributed by atoms with van der Waals surface area (Å²) in [5.41, 5.74) is 2.60. The van der Waals surface area contributed by atoms with Crippen LogP contribution in [-0.4, -0.2) is 17.9 Å². The van der Waals surface area contributed by atoms with E-state index in [4.69, 9.17) is 4.74 Å². The van der Waals surface area contributed by atoms with Crippen molar-refractivity contribution in [2.24, 2.45) is 0 Å². The van der Waals surface area contributed by atoms with Crippen LogP contribution in [-0.2, 0) is 11.2 Å². The number of anilines is 1. The Balaban J connectivity index is 1.83. The van der Waals surface area contributed by atoms with Crippen LogP contribution in [0.15, 0.2) is 76.8 Å². The number of methoxy groups -OCH3 is 1. The lowest BCUT2D eigenvalue weighted by atomic mass is 10.0. The molecule has 3 aromatic rings. The van der Waals surface area contributed by atoms with Gasteiger partial charge in [0, 0.05) is 28.7 Å². The third-order valence-corrected chi connectivity index (χ3v) is 5.41. The molecule has 0 aromatic heterocycles. The Hall–Kier alpha value is -3.96. The molecule has 0 aliphatic carbocycles. The summed E-state index contributed by atoms with van der Waals surface area (Å²) in [6.45, 7) is 0. The predicted molar refractivity (Wildman–Crippen MR) is 125 cm³/mol. The summed E-state index contributed by atoms with van der Waals surface area (Å²) in [7, 11) is 1.56. The van der Waals surface area contributed by atoms with Crippen LogP contribution in [0.3, 0.4) is 0 Å². The minimum absolute atomic E-state index is 0.142. The number of halogens is 1. The van der Waals surface area contributed by atoms with Gasteiger partial charge in [0.05, 0.1) is 12.0 Å². The number of rotatable bonds is 7. The van der Waals surface area contributed by atoms with Crippen molar-refractivity contribution < 1.29 is 14.5 Å². The second-order valence-corrected chi connectivity index (χ2v) is 7.63. The van der Waals surface area contributed by atoms with Gasteiger partial charge in [0.15, 0.2) is 0 Å². The van der Waals surface area contributed by atoms with Crippen molar-refractivity contribution in [3.63, 3.8) is 0 Å². The van der Waals surface area contributed by atoms with Gasteiger partial charge in [-0.1, -0.05) is 52.3 Å². The molecular formula is C24H18BrN3O4.